The first-order chi connectivity index (χ1) is 13.7. The Morgan fingerprint density at radius 2 is 1.82 bits per heavy atom. The van der Waals surface area contributed by atoms with E-state index in [4.69, 9.17) is 9.47 Å². The number of hydrogen-bond acceptors (Lipinski definition) is 4. The number of H-pyrrole nitrogens is 1. The van der Waals surface area contributed by atoms with Gasteiger partial charge in [-0.1, -0.05) is 30.3 Å². The average molecular weight is 377 g/mol. The number of carbonyl (C=O) groups excluding carboxylic acids is 1. The van der Waals surface area contributed by atoms with Gasteiger partial charge >= 0.3 is 0 Å². The molecule has 0 saturated carbocycles. The molecular weight excluding hydrogens is 354 g/mol. The molecule has 2 aromatic carbocycles. The molecule has 1 amide bonds. The summed E-state index contributed by atoms with van der Waals surface area (Å²) in [6.07, 6.45) is 1.96. The van der Waals surface area contributed by atoms with Crippen LogP contribution in [-0.4, -0.2) is 35.4 Å². The van der Waals surface area contributed by atoms with Crippen LogP contribution in [0, 0.1) is 6.92 Å². The first-order valence-corrected chi connectivity index (χ1v) is 9.47. The molecule has 0 atom stereocenters. The number of hydrogen-bond donors (Lipinski definition) is 2. The second-order valence-corrected chi connectivity index (χ2v) is 6.85. The summed E-state index contributed by atoms with van der Waals surface area (Å²) in [4.78, 5) is 12.7. The monoisotopic (exact) mass is 377 g/mol. The number of ether oxygens (including phenoxy) is 2. The second-order valence-electron chi connectivity index (χ2n) is 6.85. The number of nitrogens with zero attached hydrogens (tertiary/aromatic N) is 1. The van der Waals surface area contributed by atoms with E-state index in [2.05, 4.69) is 15.5 Å². The van der Waals surface area contributed by atoms with Crippen LogP contribution >= 0.6 is 0 Å². The topological polar surface area (TPSA) is 76.2 Å². The summed E-state index contributed by atoms with van der Waals surface area (Å²) in [5, 5.41) is 10.1. The molecule has 1 aliphatic heterocycles. The number of aryl methyl sites for hydroxylation is 1. The zero-order valence-electron chi connectivity index (χ0n) is 15.8. The van der Waals surface area contributed by atoms with Crippen LogP contribution in [-0.2, 0) is 4.74 Å². The first kappa shape index (κ1) is 18.3. The number of carbonyl (C=O) groups is 1. The van der Waals surface area contributed by atoms with Crippen molar-refractivity contribution in [2.45, 2.75) is 25.9 Å². The number of benzene rings is 2. The Morgan fingerprint density at radius 3 is 2.54 bits per heavy atom. The summed E-state index contributed by atoms with van der Waals surface area (Å²) in [5.74, 6) is 1.08. The largest absolute Gasteiger partial charge is 0.490 e. The minimum atomic E-state index is -0.207. The fraction of sp³-hybridized carbons (Fsp3) is 0.273. The highest BCUT2D eigenvalue weighted by Crippen LogP contribution is 2.29. The number of nitrogens with one attached hydrogen (secondary N) is 2. The van der Waals surface area contributed by atoms with Gasteiger partial charge in [-0.3, -0.25) is 9.89 Å². The molecular formula is C22H23N3O3. The fourth-order valence-electron chi connectivity index (χ4n) is 3.33. The standard InChI is InChI=1S/C22H23N3O3/c1-15-20(16-5-3-2-4-6-16)21(25-24-15)23-22(26)17-7-9-18(10-8-17)28-19-11-13-27-14-12-19/h2-10,19H,11-14H2,1H3,(H2,23,24,25,26). The van der Waals surface area contributed by atoms with Crippen molar-refractivity contribution in [3.63, 3.8) is 0 Å². The maximum absolute atomic E-state index is 12.7. The summed E-state index contributed by atoms with van der Waals surface area (Å²) in [6, 6.07) is 17.1. The third kappa shape index (κ3) is 4.07. The number of rotatable bonds is 5. The van der Waals surface area contributed by atoms with E-state index in [1.54, 1.807) is 12.1 Å². The Kier molecular flexibility index (Phi) is 5.39. The van der Waals surface area contributed by atoms with Crippen LogP contribution in [0.25, 0.3) is 11.1 Å². The lowest BCUT2D eigenvalue weighted by molar-refractivity contribution is 0.0256. The lowest BCUT2D eigenvalue weighted by Gasteiger charge is -2.23. The van der Waals surface area contributed by atoms with Gasteiger partial charge < -0.3 is 14.8 Å². The van der Waals surface area contributed by atoms with Gasteiger partial charge in [0.05, 0.1) is 13.2 Å². The highest BCUT2D eigenvalue weighted by molar-refractivity contribution is 6.05. The summed E-state index contributed by atoms with van der Waals surface area (Å²) in [7, 11) is 0. The Bertz CT molecular complexity index is 929. The average Bonchev–Trinajstić information content (AvgIpc) is 3.10. The molecule has 144 valence electrons. The van der Waals surface area contributed by atoms with Gasteiger partial charge in [0.15, 0.2) is 5.82 Å². The van der Waals surface area contributed by atoms with Crippen molar-refractivity contribution in [2.24, 2.45) is 0 Å². The molecule has 6 heteroatoms. The molecule has 1 aliphatic rings. The van der Waals surface area contributed by atoms with Gasteiger partial charge in [0.25, 0.3) is 5.91 Å². The van der Waals surface area contributed by atoms with E-state index in [1.807, 2.05) is 49.4 Å². The van der Waals surface area contributed by atoms with Gasteiger partial charge in [0, 0.05) is 29.7 Å². The molecule has 0 spiro atoms. The van der Waals surface area contributed by atoms with Crippen LogP contribution in [0.1, 0.15) is 28.9 Å². The number of amides is 1. The molecule has 1 saturated heterocycles. The minimum Gasteiger partial charge on any atom is -0.490 e. The van der Waals surface area contributed by atoms with Crippen molar-refractivity contribution in [3.05, 3.63) is 65.9 Å². The summed E-state index contributed by atoms with van der Waals surface area (Å²) in [6.45, 7) is 3.41. The van der Waals surface area contributed by atoms with Crippen molar-refractivity contribution >= 4 is 11.7 Å². The normalized spacial score (nSPS) is 14.6. The maximum Gasteiger partial charge on any atom is 0.256 e. The van der Waals surface area contributed by atoms with Gasteiger partial charge in [0.2, 0.25) is 0 Å². The molecule has 1 fully saturated rings. The molecule has 0 aliphatic carbocycles. The number of aromatic amines is 1. The predicted molar refractivity (Wildman–Crippen MR) is 108 cm³/mol. The van der Waals surface area contributed by atoms with Gasteiger partial charge in [-0.05, 0) is 36.8 Å². The Labute approximate surface area is 163 Å². The molecule has 0 bridgehead atoms. The summed E-state index contributed by atoms with van der Waals surface area (Å²) in [5.41, 5.74) is 3.36. The zero-order valence-corrected chi connectivity index (χ0v) is 15.8. The van der Waals surface area contributed by atoms with Crippen LogP contribution in [0.3, 0.4) is 0 Å². The van der Waals surface area contributed by atoms with Crippen molar-refractivity contribution in [1.82, 2.24) is 10.2 Å². The van der Waals surface area contributed by atoms with Gasteiger partial charge in [-0.25, -0.2) is 0 Å². The molecule has 0 unspecified atom stereocenters. The third-order valence-corrected chi connectivity index (χ3v) is 4.83. The summed E-state index contributed by atoms with van der Waals surface area (Å²) < 4.78 is 11.3. The smallest absolute Gasteiger partial charge is 0.256 e. The highest BCUT2D eigenvalue weighted by atomic mass is 16.5. The molecule has 3 aromatic rings. The number of anilines is 1. The lowest BCUT2D eigenvalue weighted by atomic mass is 10.1. The molecule has 2 heterocycles. The molecule has 2 N–H and O–H groups in total. The van der Waals surface area contributed by atoms with Gasteiger partial charge in [-0.2, -0.15) is 5.10 Å². The molecule has 28 heavy (non-hydrogen) atoms. The Hall–Kier alpha value is -3.12. The van der Waals surface area contributed by atoms with Gasteiger partial charge in [-0.15, -0.1) is 0 Å². The van der Waals surface area contributed by atoms with Crippen molar-refractivity contribution < 1.29 is 14.3 Å². The maximum atomic E-state index is 12.7. The minimum absolute atomic E-state index is 0.175. The fourth-order valence-corrected chi connectivity index (χ4v) is 3.33. The van der Waals surface area contributed by atoms with E-state index in [0.717, 1.165) is 48.6 Å². The third-order valence-electron chi connectivity index (χ3n) is 4.83. The summed E-state index contributed by atoms with van der Waals surface area (Å²) >= 11 is 0. The molecule has 4 rings (SSSR count). The highest BCUT2D eigenvalue weighted by Gasteiger charge is 2.17. The van der Waals surface area contributed by atoms with E-state index < -0.39 is 0 Å². The van der Waals surface area contributed by atoms with E-state index >= 15 is 0 Å². The van der Waals surface area contributed by atoms with Crippen LogP contribution in [0.2, 0.25) is 0 Å². The zero-order chi connectivity index (χ0) is 19.3. The second kappa shape index (κ2) is 8.27. The van der Waals surface area contributed by atoms with E-state index in [0.29, 0.717) is 11.4 Å². The lowest BCUT2D eigenvalue weighted by Crippen LogP contribution is -2.25. The van der Waals surface area contributed by atoms with E-state index in [9.17, 15) is 4.79 Å². The molecule has 6 nitrogen and oxygen atoms in total. The van der Waals surface area contributed by atoms with E-state index in [-0.39, 0.29) is 12.0 Å². The Balaban J connectivity index is 1.46. The predicted octanol–water partition coefficient (Wildman–Crippen LogP) is 4.20. The van der Waals surface area contributed by atoms with Crippen molar-refractivity contribution in [3.8, 4) is 16.9 Å². The number of aromatic nitrogens is 2. The Morgan fingerprint density at radius 1 is 1.11 bits per heavy atom. The molecule has 0 radical (unpaired) electrons. The van der Waals surface area contributed by atoms with Crippen LogP contribution in [0.5, 0.6) is 5.75 Å². The SMILES string of the molecule is Cc1[nH]nc(NC(=O)c2ccc(OC3CCOCC3)cc2)c1-c1ccccc1. The van der Waals surface area contributed by atoms with Crippen LogP contribution in [0.4, 0.5) is 5.82 Å². The molecule has 1 aromatic heterocycles. The van der Waals surface area contributed by atoms with Gasteiger partial charge in [0.1, 0.15) is 11.9 Å². The first-order valence-electron chi connectivity index (χ1n) is 9.47. The van der Waals surface area contributed by atoms with Crippen LogP contribution in [0.15, 0.2) is 54.6 Å². The van der Waals surface area contributed by atoms with Crippen molar-refractivity contribution in [2.75, 3.05) is 18.5 Å². The van der Waals surface area contributed by atoms with E-state index in [1.165, 1.54) is 0 Å². The van der Waals surface area contributed by atoms with Crippen LogP contribution < -0.4 is 10.1 Å². The quantitative estimate of drug-likeness (QED) is 0.699. The van der Waals surface area contributed by atoms with Crippen molar-refractivity contribution in [1.29, 1.82) is 0 Å².